The number of amides is 3. The van der Waals surface area contributed by atoms with E-state index in [-0.39, 0.29) is 38.3 Å². The van der Waals surface area contributed by atoms with Crippen molar-refractivity contribution in [2.75, 3.05) is 20.3 Å². The number of nitrogens with zero attached hydrogens (tertiary/aromatic N) is 1. The lowest BCUT2D eigenvalue weighted by atomic mass is 10.4. The molecule has 0 saturated carbocycles. The summed E-state index contributed by atoms with van der Waals surface area (Å²) in [7, 11) is 1.37. The molecule has 0 aromatic heterocycles. The number of carbonyl (C=O) groups is 4. The summed E-state index contributed by atoms with van der Waals surface area (Å²) in [5, 5.41) is 2.88. The average Bonchev–Trinajstić information content (AvgIpc) is 2.61. The predicted molar refractivity (Wildman–Crippen MR) is 56.7 cm³/mol. The van der Waals surface area contributed by atoms with Gasteiger partial charge in [-0.1, -0.05) is 0 Å². The van der Waals surface area contributed by atoms with Crippen LogP contribution in [0.5, 0.6) is 0 Å². The van der Waals surface area contributed by atoms with Gasteiger partial charge in [0, 0.05) is 26.5 Å². The first-order valence-corrected chi connectivity index (χ1v) is 5.37. The van der Waals surface area contributed by atoms with E-state index >= 15 is 0 Å². The minimum Gasteiger partial charge on any atom is -0.375 e. The van der Waals surface area contributed by atoms with E-state index < -0.39 is 17.8 Å². The number of hydrogen-bond donors (Lipinski definition) is 1. The van der Waals surface area contributed by atoms with Crippen molar-refractivity contribution >= 4 is 23.7 Å². The van der Waals surface area contributed by atoms with E-state index in [1.807, 2.05) is 0 Å². The molecule has 1 fully saturated rings. The summed E-state index contributed by atoms with van der Waals surface area (Å²) in [6.07, 6.45) is -0.0279. The molecule has 1 N–H and O–H groups in total. The van der Waals surface area contributed by atoms with E-state index in [0.717, 1.165) is 0 Å². The molecule has 0 aromatic carbocycles. The van der Waals surface area contributed by atoms with E-state index in [9.17, 15) is 19.2 Å². The maximum Gasteiger partial charge on any atom is 0.334 e. The molecular weight excluding hydrogens is 244 g/mol. The van der Waals surface area contributed by atoms with Crippen molar-refractivity contribution in [3.8, 4) is 0 Å². The first-order valence-electron chi connectivity index (χ1n) is 5.37. The minimum atomic E-state index is -0.753. The zero-order valence-electron chi connectivity index (χ0n) is 9.93. The summed E-state index contributed by atoms with van der Waals surface area (Å²) in [5.41, 5.74) is 0. The van der Waals surface area contributed by atoms with E-state index in [0.29, 0.717) is 5.06 Å². The van der Waals surface area contributed by atoms with E-state index in [1.54, 1.807) is 0 Å². The summed E-state index contributed by atoms with van der Waals surface area (Å²) in [4.78, 5) is 49.1. The Kier molecular flexibility index (Phi) is 5.25. The third-order valence-corrected chi connectivity index (χ3v) is 2.13. The highest BCUT2D eigenvalue weighted by atomic mass is 16.7. The molecule has 3 amide bonds. The van der Waals surface area contributed by atoms with Crippen molar-refractivity contribution < 1.29 is 28.8 Å². The molecular formula is C10H14N2O6. The van der Waals surface area contributed by atoms with Gasteiger partial charge < -0.3 is 14.9 Å². The number of hydroxylamine groups is 2. The Bertz CT molecular complexity index is 351. The quantitative estimate of drug-likeness (QED) is 0.597. The summed E-state index contributed by atoms with van der Waals surface area (Å²) in [5.74, 6) is -2.18. The lowest BCUT2D eigenvalue weighted by Gasteiger charge is -2.12. The van der Waals surface area contributed by atoms with Gasteiger partial charge in [-0.3, -0.25) is 14.4 Å². The molecule has 0 aliphatic carbocycles. The third-order valence-electron chi connectivity index (χ3n) is 2.13. The molecule has 8 nitrogen and oxygen atoms in total. The van der Waals surface area contributed by atoms with E-state index in [2.05, 4.69) is 14.9 Å². The smallest absolute Gasteiger partial charge is 0.334 e. The Morgan fingerprint density at radius 1 is 1.28 bits per heavy atom. The number of hydrogen-bond acceptors (Lipinski definition) is 6. The lowest BCUT2D eigenvalue weighted by Crippen LogP contribution is -2.34. The molecule has 0 spiro atoms. The monoisotopic (exact) mass is 258 g/mol. The van der Waals surface area contributed by atoms with Gasteiger partial charge in [0.1, 0.15) is 6.61 Å². The van der Waals surface area contributed by atoms with Crippen LogP contribution in [0.2, 0.25) is 0 Å². The van der Waals surface area contributed by atoms with Gasteiger partial charge in [0.2, 0.25) is 5.91 Å². The zero-order valence-corrected chi connectivity index (χ0v) is 9.93. The highest BCUT2D eigenvalue weighted by molar-refractivity contribution is 6.01. The first kappa shape index (κ1) is 14.1. The Morgan fingerprint density at radius 3 is 2.44 bits per heavy atom. The molecule has 0 unspecified atom stereocenters. The van der Waals surface area contributed by atoms with Crippen LogP contribution in [0.3, 0.4) is 0 Å². The second-order valence-corrected chi connectivity index (χ2v) is 3.58. The second kappa shape index (κ2) is 6.70. The number of imide groups is 1. The number of rotatable bonds is 6. The van der Waals surface area contributed by atoms with Crippen LogP contribution in [-0.2, 0) is 28.8 Å². The van der Waals surface area contributed by atoms with Gasteiger partial charge in [0.15, 0.2) is 0 Å². The molecule has 0 aromatic rings. The number of methoxy groups -OCH3 is 1. The zero-order chi connectivity index (χ0) is 13.5. The molecule has 0 bridgehead atoms. The molecule has 1 aliphatic rings. The van der Waals surface area contributed by atoms with Crippen LogP contribution in [0, 0.1) is 0 Å². The Morgan fingerprint density at radius 2 is 1.89 bits per heavy atom. The summed E-state index contributed by atoms with van der Waals surface area (Å²) in [6, 6.07) is 0. The molecule has 18 heavy (non-hydrogen) atoms. The second-order valence-electron chi connectivity index (χ2n) is 3.58. The van der Waals surface area contributed by atoms with Gasteiger partial charge in [-0.25, -0.2) is 4.79 Å². The SMILES string of the molecule is COCC(=O)NCCC(=O)ON1C(=O)CCC1=O. The number of ether oxygens (including phenoxy) is 1. The fraction of sp³-hybridized carbons (Fsp3) is 0.600. The molecule has 1 saturated heterocycles. The Balaban J connectivity index is 2.23. The fourth-order valence-electron chi connectivity index (χ4n) is 1.29. The normalized spacial score (nSPS) is 14.8. The topological polar surface area (TPSA) is 102 Å². The third kappa shape index (κ3) is 4.13. The average molecular weight is 258 g/mol. The first-order chi connectivity index (χ1) is 8.54. The maximum absolute atomic E-state index is 11.3. The molecule has 100 valence electrons. The highest BCUT2D eigenvalue weighted by Gasteiger charge is 2.32. The molecule has 1 aliphatic heterocycles. The van der Waals surface area contributed by atoms with Crippen molar-refractivity contribution in [2.24, 2.45) is 0 Å². The van der Waals surface area contributed by atoms with Gasteiger partial charge in [-0.2, -0.15) is 0 Å². The van der Waals surface area contributed by atoms with Crippen molar-refractivity contribution in [2.45, 2.75) is 19.3 Å². The van der Waals surface area contributed by atoms with Crippen molar-refractivity contribution in [3.63, 3.8) is 0 Å². The standard InChI is InChI=1S/C10H14N2O6/c1-17-6-7(13)11-5-4-10(16)18-12-8(14)2-3-9(12)15/h2-6H2,1H3,(H,11,13). The number of nitrogens with one attached hydrogen (secondary N) is 1. The van der Waals surface area contributed by atoms with Gasteiger partial charge in [-0.15, -0.1) is 5.06 Å². The van der Waals surface area contributed by atoms with Crippen LogP contribution in [0.15, 0.2) is 0 Å². The molecule has 0 radical (unpaired) electrons. The van der Waals surface area contributed by atoms with Crippen LogP contribution in [0.1, 0.15) is 19.3 Å². The molecule has 1 rings (SSSR count). The van der Waals surface area contributed by atoms with Crippen LogP contribution >= 0.6 is 0 Å². The van der Waals surface area contributed by atoms with Gasteiger partial charge in [-0.05, 0) is 0 Å². The highest BCUT2D eigenvalue weighted by Crippen LogP contribution is 2.12. The van der Waals surface area contributed by atoms with Crippen LogP contribution in [0.4, 0.5) is 0 Å². The van der Waals surface area contributed by atoms with E-state index in [4.69, 9.17) is 0 Å². The van der Waals surface area contributed by atoms with Crippen LogP contribution < -0.4 is 5.32 Å². The van der Waals surface area contributed by atoms with Crippen molar-refractivity contribution in [3.05, 3.63) is 0 Å². The fourth-order valence-corrected chi connectivity index (χ4v) is 1.29. The summed E-state index contributed by atoms with van der Waals surface area (Å²) in [6.45, 7) is -0.0462. The Labute approximate surface area is 103 Å². The van der Waals surface area contributed by atoms with Gasteiger partial charge >= 0.3 is 5.97 Å². The molecule has 0 atom stereocenters. The summed E-state index contributed by atoms with van der Waals surface area (Å²) >= 11 is 0. The largest absolute Gasteiger partial charge is 0.375 e. The minimum absolute atomic E-state index is 0.0523. The van der Waals surface area contributed by atoms with Crippen molar-refractivity contribution in [1.29, 1.82) is 0 Å². The molecule has 1 heterocycles. The summed E-state index contributed by atoms with van der Waals surface area (Å²) < 4.78 is 4.57. The van der Waals surface area contributed by atoms with Gasteiger partial charge in [0.05, 0.1) is 6.42 Å². The van der Waals surface area contributed by atoms with Crippen LogP contribution in [0.25, 0.3) is 0 Å². The van der Waals surface area contributed by atoms with Gasteiger partial charge in [0.25, 0.3) is 11.8 Å². The molecule has 8 heteroatoms. The van der Waals surface area contributed by atoms with Crippen molar-refractivity contribution in [1.82, 2.24) is 10.4 Å². The van der Waals surface area contributed by atoms with E-state index in [1.165, 1.54) is 7.11 Å². The predicted octanol–water partition coefficient (Wildman–Crippen LogP) is -1.25. The lowest BCUT2D eigenvalue weighted by molar-refractivity contribution is -0.197. The van der Waals surface area contributed by atoms with Crippen LogP contribution in [-0.4, -0.2) is 49.0 Å². The maximum atomic E-state index is 11.3. The number of carbonyl (C=O) groups excluding carboxylic acids is 4. The Hall–Kier alpha value is -1.96.